The van der Waals surface area contributed by atoms with Crippen LogP contribution in [0.4, 0.5) is 0 Å². The summed E-state index contributed by atoms with van der Waals surface area (Å²) in [6, 6.07) is 5.71. The maximum absolute atomic E-state index is 11.5. The molecule has 17 heavy (non-hydrogen) atoms. The smallest absolute Gasteiger partial charge is 0.228 e. The molecule has 2 aromatic rings. The number of carbonyl (C=O) groups excluding carboxylic acids is 1. The highest BCUT2D eigenvalue weighted by Gasteiger charge is 2.10. The lowest BCUT2D eigenvalue weighted by atomic mass is 10.3. The molecule has 2 aromatic heterocycles. The molecule has 0 unspecified atom stereocenters. The van der Waals surface area contributed by atoms with Crippen molar-refractivity contribution in [2.45, 2.75) is 6.42 Å². The molecule has 0 atom stereocenters. The Balaban J connectivity index is 2.14. The second kappa shape index (κ2) is 5.05. The monoisotopic (exact) mass is 247 g/mol. The van der Waals surface area contributed by atoms with Crippen LogP contribution >= 0.6 is 11.3 Å². The first-order chi connectivity index (χ1) is 8.16. The predicted molar refractivity (Wildman–Crippen MR) is 67.7 cm³/mol. The molecule has 0 aliphatic rings. The van der Waals surface area contributed by atoms with Gasteiger partial charge in [-0.2, -0.15) is 0 Å². The van der Waals surface area contributed by atoms with Crippen LogP contribution in [0.25, 0.3) is 10.7 Å². The van der Waals surface area contributed by atoms with Gasteiger partial charge in [-0.25, -0.2) is 4.98 Å². The first-order valence-electron chi connectivity index (χ1n) is 5.23. The van der Waals surface area contributed by atoms with Gasteiger partial charge in [-0.05, 0) is 12.1 Å². The summed E-state index contributed by atoms with van der Waals surface area (Å²) < 4.78 is 0. The highest BCUT2D eigenvalue weighted by molar-refractivity contribution is 7.13. The average molecular weight is 247 g/mol. The number of hydrogen-bond acceptors (Lipinski definition) is 4. The van der Waals surface area contributed by atoms with Gasteiger partial charge in [-0.15, -0.1) is 11.3 Å². The van der Waals surface area contributed by atoms with E-state index < -0.39 is 0 Å². The van der Waals surface area contributed by atoms with Crippen LogP contribution in [0.3, 0.4) is 0 Å². The van der Waals surface area contributed by atoms with Gasteiger partial charge in [0.1, 0.15) is 5.01 Å². The first-order valence-corrected chi connectivity index (χ1v) is 6.11. The molecule has 0 saturated heterocycles. The van der Waals surface area contributed by atoms with Gasteiger partial charge in [0.05, 0.1) is 17.8 Å². The van der Waals surface area contributed by atoms with Crippen LogP contribution in [0.1, 0.15) is 5.69 Å². The number of hydrogen-bond donors (Lipinski definition) is 0. The summed E-state index contributed by atoms with van der Waals surface area (Å²) in [5.74, 6) is 0.0582. The number of nitrogens with zero attached hydrogens (tertiary/aromatic N) is 3. The van der Waals surface area contributed by atoms with E-state index >= 15 is 0 Å². The Bertz CT molecular complexity index is 507. The molecule has 88 valence electrons. The minimum atomic E-state index is 0.0582. The van der Waals surface area contributed by atoms with Gasteiger partial charge < -0.3 is 4.90 Å². The van der Waals surface area contributed by atoms with Crippen molar-refractivity contribution < 1.29 is 4.79 Å². The van der Waals surface area contributed by atoms with Crippen molar-refractivity contribution in [3.05, 3.63) is 35.5 Å². The largest absolute Gasteiger partial charge is 0.348 e. The van der Waals surface area contributed by atoms with Gasteiger partial charge in [0.15, 0.2) is 0 Å². The lowest BCUT2D eigenvalue weighted by Crippen LogP contribution is -2.23. The topological polar surface area (TPSA) is 46.1 Å². The molecule has 0 fully saturated rings. The number of thiazole rings is 1. The third-order valence-electron chi connectivity index (χ3n) is 2.27. The first kappa shape index (κ1) is 11.7. The molecule has 0 aromatic carbocycles. The lowest BCUT2D eigenvalue weighted by molar-refractivity contribution is -0.128. The van der Waals surface area contributed by atoms with Crippen LogP contribution in [-0.2, 0) is 11.2 Å². The summed E-state index contributed by atoms with van der Waals surface area (Å²) in [4.78, 5) is 21.7. The minimum Gasteiger partial charge on any atom is -0.348 e. The van der Waals surface area contributed by atoms with Crippen molar-refractivity contribution in [2.24, 2.45) is 0 Å². The number of carbonyl (C=O) groups is 1. The van der Waals surface area contributed by atoms with Crippen molar-refractivity contribution in [3.63, 3.8) is 0 Å². The Hall–Kier alpha value is -1.75. The summed E-state index contributed by atoms with van der Waals surface area (Å²) in [6.07, 6.45) is 2.08. The molecule has 2 rings (SSSR count). The van der Waals surface area contributed by atoms with Crippen LogP contribution in [0.2, 0.25) is 0 Å². The van der Waals surface area contributed by atoms with Crippen LogP contribution < -0.4 is 0 Å². The van der Waals surface area contributed by atoms with Crippen molar-refractivity contribution in [1.29, 1.82) is 0 Å². The average Bonchev–Trinajstić information content (AvgIpc) is 2.78. The van der Waals surface area contributed by atoms with Crippen LogP contribution in [0.15, 0.2) is 29.8 Å². The summed E-state index contributed by atoms with van der Waals surface area (Å²) in [7, 11) is 3.49. The van der Waals surface area contributed by atoms with E-state index in [9.17, 15) is 4.79 Å². The Morgan fingerprint density at radius 1 is 1.41 bits per heavy atom. The van der Waals surface area contributed by atoms with Gasteiger partial charge in [-0.3, -0.25) is 9.78 Å². The second-order valence-corrected chi connectivity index (χ2v) is 4.68. The standard InChI is InChI=1S/C12H13N3OS/c1-15(2)11(16)7-9-8-17-12(14-9)10-5-3-4-6-13-10/h3-6,8H,7H2,1-2H3. The molecule has 0 bridgehead atoms. The minimum absolute atomic E-state index is 0.0582. The molecule has 4 nitrogen and oxygen atoms in total. The van der Waals surface area contributed by atoms with E-state index in [1.165, 1.54) is 11.3 Å². The quantitative estimate of drug-likeness (QED) is 0.831. The van der Waals surface area contributed by atoms with Crippen molar-refractivity contribution in [1.82, 2.24) is 14.9 Å². The Labute approximate surface area is 104 Å². The number of pyridine rings is 1. The van der Waals surface area contributed by atoms with E-state index in [0.717, 1.165) is 16.4 Å². The number of rotatable bonds is 3. The fraction of sp³-hybridized carbons (Fsp3) is 0.250. The van der Waals surface area contributed by atoms with E-state index in [0.29, 0.717) is 6.42 Å². The molecule has 0 aliphatic heterocycles. The molecule has 0 aliphatic carbocycles. The van der Waals surface area contributed by atoms with E-state index in [1.54, 1.807) is 25.2 Å². The molecule has 5 heteroatoms. The zero-order valence-corrected chi connectivity index (χ0v) is 10.6. The highest BCUT2D eigenvalue weighted by atomic mass is 32.1. The van der Waals surface area contributed by atoms with Gasteiger partial charge >= 0.3 is 0 Å². The third-order valence-corrected chi connectivity index (χ3v) is 3.18. The maximum atomic E-state index is 11.5. The predicted octanol–water partition coefficient (Wildman–Crippen LogP) is 1.84. The van der Waals surface area contributed by atoms with E-state index in [-0.39, 0.29) is 5.91 Å². The molecule has 1 amide bonds. The fourth-order valence-electron chi connectivity index (χ4n) is 1.31. The third kappa shape index (κ3) is 2.88. The van der Waals surface area contributed by atoms with Gasteiger partial charge in [-0.1, -0.05) is 6.07 Å². The zero-order valence-electron chi connectivity index (χ0n) is 9.75. The second-order valence-electron chi connectivity index (χ2n) is 3.82. The van der Waals surface area contributed by atoms with E-state index in [4.69, 9.17) is 0 Å². The molecule has 0 radical (unpaired) electrons. The van der Waals surface area contributed by atoms with Crippen molar-refractivity contribution in [2.75, 3.05) is 14.1 Å². The van der Waals surface area contributed by atoms with Crippen LogP contribution in [0.5, 0.6) is 0 Å². The SMILES string of the molecule is CN(C)C(=O)Cc1csc(-c2ccccn2)n1. The van der Waals surface area contributed by atoms with E-state index in [2.05, 4.69) is 9.97 Å². The molecule has 2 heterocycles. The molecular formula is C12H13N3OS. The van der Waals surface area contributed by atoms with Crippen molar-refractivity contribution in [3.8, 4) is 10.7 Å². The van der Waals surface area contributed by atoms with Gasteiger partial charge in [0, 0.05) is 25.7 Å². The Kier molecular flexibility index (Phi) is 3.49. The fourth-order valence-corrected chi connectivity index (χ4v) is 2.10. The number of amides is 1. The summed E-state index contributed by atoms with van der Waals surface area (Å²) in [5, 5.41) is 2.76. The van der Waals surface area contributed by atoms with Crippen LogP contribution in [0, 0.1) is 0 Å². The number of likely N-dealkylation sites (N-methyl/N-ethyl adjacent to an activating group) is 1. The number of aromatic nitrogens is 2. The summed E-state index contributed by atoms with van der Waals surface area (Å²) in [5.41, 5.74) is 1.65. The Morgan fingerprint density at radius 3 is 2.88 bits per heavy atom. The molecule has 0 spiro atoms. The molecule has 0 N–H and O–H groups in total. The summed E-state index contributed by atoms with van der Waals surface area (Å²) in [6.45, 7) is 0. The van der Waals surface area contributed by atoms with Gasteiger partial charge in [0.25, 0.3) is 0 Å². The van der Waals surface area contributed by atoms with E-state index in [1.807, 2.05) is 23.6 Å². The molecule has 0 saturated carbocycles. The van der Waals surface area contributed by atoms with Crippen molar-refractivity contribution >= 4 is 17.2 Å². The van der Waals surface area contributed by atoms with Crippen LogP contribution in [-0.4, -0.2) is 34.9 Å². The summed E-state index contributed by atoms with van der Waals surface area (Å²) >= 11 is 1.51. The maximum Gasteiger partial charge on any atom is 0.228 e. The highest BCUT2D eigenvalue weighted by Crippen LogP contribution is 2.21. The lowest BCUT2D eigenvalue weighted by Gasteiger charge is -2.07. The zero-order chi connectivity index (χ0) is 12.3. The molecular weight excluding hydrogens is 234 g/mol. The normalized spacial score (nSPS) is 10.2. The van der Waals surface area contributed by atoms with Gasteiger partial charge in [0.2, 0.25) is 5.91 Å². The Morgan fingerprint density at radius 2 is 2.24 bits per heavy atom.